The van der Waals surface area contributed by atoms with Crippen LogP contribution in [0.2, 0.25) is 5.02 Å². The summed E-state index contributed by atoms with van der Waals surface area (Å²) in [6.45, 7) is 3.19. The Hall–Kier alpha value is -1.03. The highest BCUT2D eigenvalue weighted by Gasteiger charge is 2.26. The van der Waals surface area contributed by atoms with Crippen molar-refractivity contribution in [3.05, 3.63) is 11.3 Å². The fourth-order valence-electron chi connectivity index (χ4n) is 2.11. The van der Waals surface area contributed by atoms with Crippen molar-refractivity contribution in [1.82, 2.24) is 9.97 Å². The first-order chi connectivity index (χ1) is 7.24. The summed E-state index contributed by atoms with van der Waals surface area (Å²) in [6.07, 6.45) is 4.98. The molecule has 1 aromatic heterocycles. The van der Waals surface area contributed by atoms with Crippen LogP contribution in [-0.2, 0) is 0 Å². The molecule has 1 fully saturated rings. The molecule has 1 aliphatic heterocycles. The number of nitrogens with two attached hydrogens (primary N) is 1. The average molecular weight is 227 g/mol. The molecule has 2 heterocycles. The lowest BCUT2D eigenvalue weighted by Crippen LogP contribution is -2.29. The van der Waals surface area contributed by atoms with Crippen LogP contribution in [-0.4, -0.2) is 22.6 Å². The molecule has 1 atom stereocenters. The van der Waals surface area contributed by atoms with Gasteiger partial charge < -0.3 is 10.6 Å². The average Bonchev–Trinajstić information content (AvgIpc) is 2.70. The molecule has 1 aromatic rings. The Labute approximate surface area is 94.5 Å². The van der Waals surface area contributed by atoms with Crippen molar-refractivity contribution >= 4 is 23.2 Å². The summed E-state index contributed by atoms with van der Waals surface area (Å²) in [6, 6.07) is 0.539. The van der Waals surface area contributed by atoms with Crippen molar-refractivity contribution in [3.63, 3.8) is 0 Å². The number of hydrogen-bond donors (Lipinski definition) is 1. The smallest absolute Gasteiger partial charge is 0.153 e. The number of nitrogens with zero attached hydrogens (tertiary/aromatic N) is 3. The quantitative estimate of drug-likeness (QED) is 0.839. The summed E-state index contributed by atoms with van der Waals surface area (Å²) in [4.78, 5) is 10.3. The lowest BCUT2D eigenvalue weighted by molar-refractivity contribution is 0.640. The van der Waals surface area contributed by atoms with E-state index in [0.29, 0.717) is 16.9 Å². The maximum absolute atomic E-state index is 6.10. The Kier molecular flexibility index (Phi) is 2.95. The van der Waals surface area contributed by atoms with E-state index >= 15 is 0 Å². The van der Waals surface area contributed by atoms with Crippen molar-refractivity contribution in [2.24, 2.45) is 0 Å². The van der Waals surface area contributed by atoms with Crippen molar-refractivity contribution in [1.29, 1.82) is 0 Å². The van der Waals surface area contributed by atoms with Crippen molar-refractivity contribution in [2.45, 2.75) is 32.2 Å². The Bertz CT molecular complexity index is 355. The number of aromatic nitrogens is 2. The number of halogens is 1. The highest BCUT2D eigenvalue weighted by Crippen LogP contribution is 2.32. The molecule has 4 nitrogen and oxygen atoms in total. The van der Waals surface area contributed by atoms with Gasteiger partial charge in [0.2, 0.25) is 0 Å². The van der Waals surface area contributed by atoms with Gasteiger partial charge in [-0.15, -0.1) is 0 Å². The second kappa shape index (κ2) is 4.23. The second-order valence-corrected chi connectivity index (χ2v) is 4.17. The fourth-order valence-corrected chi connectivity index (χ4v) is 2.32. The van der Waals surface area contributed by atoms with Gasteiger partial charge in [-0.2, -0.15) is 0 Å². The van der Waals surface area contributed by atoms with E-state index in [4.69, 9.17) is 17.3 Å². The number of anilines is 2. The maximum atomic E-state index is 6.10. The topological polar surface area (TPSA) is 55.0 Å². The molecular weight excluding hydrogens is 212 g/mol. The molecule has 2 N–H and O–H groups in total. The number of rotatable bonds is 2. The standard InChI is InChI=1S/C10H15ClN4/c1-2-7-4-3-5-15(7)10-8(11)9(12)13-6-14-10/h6-7H,2-5H2,1H3,(H2,12,13,14). The molecule has 15 heavy (non-hydrogen) atoms. The third-order valence-electron chi connectivity index (χ3n) is 2.92. The third-order valence-corrected chi connectivity index (χ3v) is 3.28. The molecule has 0 bridgehead atoms. The molecule has 2 rings (SSSR count). The predicted octanol–water partition coefficient (Wildman–Crippen LogP) is 2.09. The van der Waals surface area contributed by atoms with Crippen LogP contribution < -0.4 is 10.6 Å². The maximum Gasteiger partial charge on any atom is 0.153 e. The normalized spacial score (nSPS) is 20.9. The summed E-state index contributed by atoms with van der Waals surface area (Å²) in [5.41, 5.74) is 5.67. The van der Waals surface area contributed by atoms with Gasteiger partial charge in [0, 0.05) is 12.6 Å². The monoisotopic (exact) mass is 226 g/mol. The van der Waals surface area contributed by atoms with Crippen LogP contribution >= 0.6 is 11.6 Å². The van der Waals surface area contributed by atoms with Gasteiger partial charge in [-0.3, -0.25) is 0 Å². The van der Waals surface area contributed by atoms with Gasteiger partial charge >= 0.3 is 0 Å². The van der Waals surface area contributed by atoms with Crippen molar-refractivity contribution in [3.8, 4) is 0 Å². The predicted molar refractivity (Wildman–Crippen MR) is 62.1 cm³/mol. The van der Waals surface area contributed by atoms with Crippen LogP contribution in [0.4, 0.5) is 11.6 Å². The molecule has 0 radical (unpaired) electrons. The Morgan fingerprint density at radius 3 is 3.13 bits per heavy atom. The van der Waals surface area contributed by atoms with E-state index in [1.165, 1.54) is 19.2 Å². The minimum absolute atomic E-state index is 0.364. The Morgan fingerprint density at radius 2 is 2.40 bits per heavy atom. The summed E-state index contributed by atoms with van der Waals surface area (Å²) in [5, 5.41) is 0.484. The van der Waals surface area contributed by atoms with Gasteiger partial charge in [0.25, 0.3) is 0 Å². The summed E-state index contributed by atoms with van der Waals surface area (Å²) < 4.78 is 0. The Balaban J connectivity index is 2.32. The molecule has 5 heteroatoms. The molecule has 0 aliphatic carbocycles. The van der Waals surface area contributed by atoms with E-state index in [9.17, 15) is 0 Å². The van der Waals surface area contributed by atoms with Crippen molar-refractivity contribution < 1.29 is 0 Å². The zero-order valence-electron chi connectivity index (χ0n) is 8.78. The molecule has 82 valence electrons. The number of nitrogen functional groups attached to an aromatic ring is 1. The number of hydrogen-bond acceptors (Lipinski definition) is 4. The lowest BCUT2D eigenvalue weighted by Gasteiger charge is -2.25. The highest BCUT2D eigenvalue weighted by atomic mass is 35.5. The SMILES string of the molecule is CCC1CCCN1c1ncnc(N)c1Cl. The molecule has 0 spiro atoms. The molecule has 0 saturated carbocycles. The van der Waals surface area contributed by atoms with E-state index in [1.807, 2.05) is 0 Å². The van der Waals surface area contributed by atoms with E-state index in [-0.39, 0.29) is 0 Å². The van der Waals surface area contributed by atoms with Crippen LogP contribution in [0.3, 0.4) is 0 Å². The van der Waals surface area contributed by atoms with E-state index < -0.39 is 0 Å². The first-order valence-electron chi connectivity index (χ1n) is 5.26. The molecule has 1 saturated heterocycles. The zero-order valence-corrected chi connectivity index (χ0v) is 9.54. The van der Waals surface area contributed by atoms with Gasteiger partial charge in [-0.25, -0.2) is 9.97 Å². The molecule has 0 amide bonds. The van der Waals surface area contributed by atoms with E-state index in [0.717, 1.165) is 18.8 Å². The zero-order chi connectivity index (χ0) is 10.8. The largest absolute Gasteiger partial charge is 0.382 e. The van der Waals surface area contributed by atoms with E-state index in [1.54, 1.807) is 0 Å². The lowest BCUT2D eigenvalue weighted by atomic mass is 10.2. The molecule has 0 aromatic carbocycles. The van der Waals surface area contributed by atoms with Gasteiger partial charge in [-0.1, -0.05) is 18.5 Å². The van der Waals surface area contributed by atoms with Crippen LogP contribution in [0.25, 0.3) is 0 Å². The van der Waals surface area contributed by atoms with E-state index in [2.05, 4.69) is 21.8 Å². The van der Waals surface area contributed by atoms with Crippen LogP contribution in [0, 0.1) is 0 Å². The summed E-state index contributed by atoms with van der Waals surface area (Å²) >= 11 is 6.10. The minimum atomic E-state index is 0.364. The minimum Gasteiger partial charge on any atom is -0.382 e. The molecule has 1 unspecified atom stereocenters. The fraction of sp³-hybridized carbons (Fsp3) is 0.600. The van der Waals surface area contributed by atoms with Gasteiger partial charge in [0.15, 0.2) is 5.82 Å². The molecule has 1 aliphatic rings. The van der Waals surface area contributed by atoms with Crippen LogP contribution in [0.5, 0.6) is 0 Å². The molecular formula is C10H15ClN4. The van der Waals surface area contributed by atoms with Crippen molar-refractivity contribution in [2.75, 3.05) is 17.2 Å². The van der Waals surface area contributed by atoms with Crippen LogP contribution in [0.15, 0.2) is 6.33 Å². The van der Waals surface area contributed by atoms with Gasteiger partial charge in [0.1, 0.15) is 17.2 Å². The first kappa shape index (κ1) is 10.5. The second-order valence-electron chi connectivity index (χ2n) is 3.79. The summed E-state index contributed by atoms with van der Waals surface area (Å²) in [7, 11) is 0. The van der Waals surface area contributed by atoms with Gasteiger partial charge in [-0.05, 0) is 19.3 Å². The Morgan fingerprint density at radius 1 is 1.60 bits per heavy atom. The highest BCUT2D eigenvalue weighted by molar-refractivity contribution is 6.35. The third kappa shape index (κ3) is 1.86. The van der Waals surface area contributed by atoms with Crippen LogP contribution in [0.1, 0.15) is 26.2 Å². The summed E-state index contributed by atoms with van der Waals surface area (Å²) in [5.74, 6) is 1.15. The van der Waals surface area contributed by atoms with Gasteiger partial charge in [0.05, 0.1) is 0 Å². The first-order valence-corrected chi connectivity index (χ1v) is 5.64.